The molecular formula is C11H10Cl2O3. The molecule has 5 heteroatoms. The second-order valence-electron chi connectivity index (χ2n) is 3.61. The monoisotopic (exact) mass is 260 g/mol. The van der Waals surface area contributed by atoms with Crippen LogP contribution in [-0.4, -0.2) is 19.7 Å². The molecule has 0 radical (unpaired) electrons. The average molecular weight is 261 g/mol. The van der Waals surface area contributed by atoms with E-state index in [1.807, 2.05) is 0 Å². The molecule has 0 saturated heterocycles. The van der Waals surface area contributed by atoms with Gasteiger partial charge in [-0.15, -0.1) is 0 Å². The van der Waals surface area contributed by atoms with Gasteiger partial charge in [-0.1, -0.05) is 23.2 Å². The third-order valence-corrected chi connectivity index (χ3v) is 3.01. The molecule has 0 N–H and O–H groups in total. The maximum absolute atomic E-state index is 11.4. The van der Waals surface area contributed by atoms with Crippen LogP contribution in [0.25, 0.3) is 0 Å². The van der Waals surface area contributed by atoms with Gasteiger partial charge in [-0.3, -0.25) is 4.79 Å². The number of ether oxygens (including phenoxy) is 2. The van der Waals surface area contributed by atoms with Crippen LogP contribution in [-0.2, 0) is 16.0 Å². The van der Waals surface area contributed by atoms with Gasteiger partial charge in [0.15, 0.2) is 0 Å². The fourth-order valence-electron chi connectivity index (χ4n) is 1.75. The second kappa shape index (κ2) is 4.52. The molecule has 0 unspecified atom stereocenters. The molecule has 0 spiro atoms. The van der Waals surface area contributed by atoms with Crippen LogP contribution in [0.5, 0.6) is 5.75 Å². The third kappa shape index (κ3) is 2.11. The normalized spacial score (nSPS) is 18.6. The minimum Gasteiger partial charge on any atom is -0.491 e. The highest BCUT2D eigenvalue weighted by Gasteiger charge is 2.28. The predicted octanol–water partition coefficient (Wildman–Crippen LogP) is 2.72. The van der Waals surface area contributed by atoms with Crippen LogP contribution in [0.1, 0.15) is 5.56 Å². The Balaban J connectivity index is 2.30. The highest BCUT2D eigenvalue weighted by atomic mass is 35.5. The molecule has 1 aliphatic heterocycles. The van der Waals surface area contributed by atoms with E-state index in [0.717, 1.165) is 5.56 Å². The largest absolute Gasteiger partial charge is 0.491 e. The molecule has 0 aromatic heterocycles. The van der Waals surface area contributed by atoms with E-state index in [0.29, 0.717) is 28.8 Å². The summed E-state index contributed by atoms with van der Waals surface area (Å²) in [6.07, 6.45) is 0.544. The van der Waals surface area contributed by atoms with E-state index in [1.165, 1.54) is 7.11 Å². The maximum atomic E-state index is 11.4. The summed E-state index contributed by atoms with van der Waals surface area (Å²) in [5, 5.41) is 1.02. The summed E-state index contributed by atoms with van der Waals surface area (Å²) < 4.78 is 10.1. The van der Waals surface area contributed by atoms with Gasteiger partial charge >= 0.3 is 5.97 Å². The molecule has 0 amide bonds. The van der Waals surface area contributed by atoms with Gasteiger partial charge < -0.3 is 9.47 Å². The highest BCUT2D eigenvalue weighted by molar-refractivity contribution is 6.35. The van der Waals surface area contributed by atoms with Gasteiger partial charge in [-0.2, -0.15) is 0 Å². The summed E-state index contributed by atoms with van der Waals surface area (Å²) in [6, 6.07) is 3.39. The Morgan fingerprint density at radius 2 is 2.25 bits per heavy atom. The first-order valence-electron chi connectivity index (χ1n) is 4.80. The topological polar surface area (TPSA) is 35.5 Å². The van der Waals surface area contributed by atoms with Gasteiger partial charge in [0, 0.05) is 5.02 Å². The first kappa shape index (κ1) is 11.6. The lowest BCUT2D eigenvalue weighted by Gasteiger charge is -2.24. The zero-order valence-corrected chi connectivity index (χ0v) is 10.1. The van der Waals surface area contributed by atoms with Crippen LogP contribution in [0.15, 0.2) is 12.1 Å². The van der Waals surface area contributed by atoms with Crippen LogP contribution in [0.2, 0.25) is 10.0 Å². The smallest absolute Gasteiger partial charge is 0.312 e. The summed E-state index contributed by atoms with van der Waals surface area (Å²) in [6.45, 7) is 0.293. The molecule has 1 aliphatic rings. The Morgan fingerprint density at radius 3 is 2.94 bits per heavy atom. The van der Waals surface area contributed by atoms with Crippen molar-refractivity contribution in [3.63, 3.8) is 0 Å². The van der Waals surface area contributed by atoms with Crippen LogP contribution in [0, 0.1) is 5.92 Å². The zero-order valence-electron chi connectivity index (χ0n) is 8.63. The average Bonchev–Trinajstić information content (AvgIpc) is 2.27. The molecular weight excluding hydrogens is 251 g/mol. The molecule has 3 nitrogen and oxygen atoms in total. The Bertz CT molecular complexity index is 431. The van der Waals surface area contributed by atoms with Gasteiger partial charge in [0.1, 0.15) is 12.4 Å². The molecule has 1 heterocycles. The van der Waals surface area contributed by atoms with E-state index in [-0.39, 0.29) is 11.9 Å². The lowest BCUT2D eigenvalue weighted by atomic mass is 9.97. The van der Waals surface area contributed by atoms with Gasteiger partial charge in [0.05, 0.1) is 18.1 Å². The van der Waals surface area contributed by atoms with Gasteiger partial charge in [0.2, 0.25) is 0 Å². The minimum absolute atomic E-state index is 0.276. The summed E-state index contributed by atoms with van der Waals surface area (Å²) >= 11 is 11.9. The van der Waals surface area contributed by atoms with Gasteiger partial charge in [-0.05, 0) is 24.1 Å². The van der Waals surface area contributed by atoms with Crippen molar-refractivity contribution in [2.45, 2.75) is 6.42 Å². The van der Waals surface area contributed by atoms with Crippen molar-refractivity contribution in [3.8, 4) is 5.75 Å². The number of hydrogen-bond donors (Lipinski definition) is 0. The molecule has 0 bridgehead atoms. The first-order chi connectivity index (χ1) is 7.61. The second-order valence-corrected chi connectivity index (χ2v) is 4.45. The fourth-order valence-corrected chi connectivity index (χ4v) is 2.34. The van der Waals surface area contributed by atoms with E-state index in [4.69, 9.17) is 27.9 Å². The highest BCUT2D eigenvalue weighted by Crippen LogP contribution is 2.36. The first-order valence-corrected chi connectivity index (χ1v) is 5.56. The maximum Gasteiger partial charge on any atom is 0.312 e. The third-order valence-electron chi connectivity index (χ3n) is 2.51. The number of rotatable bonds is 1. The van der Waals surface area contributed by atoms with Gasteiger partial charge in [-0.25, -0.2) is 0 Å². The van der Waals surface area contributed by atoms with E-state index in [9.17, 15) is 4.79 Å². The number of hydrogen-bond acceptors (Lipinski definition) is 3. The fraction of sp³-hybridized carbons (Fsp3) is 0.364. The van der Waals surface area contributed by atoms with Crippen molar-refractivity contribution in [1.29, 1.82) is 0 Å². The van der Waals surface area contributed by atoms with E-state index < -0.39 is 0 Å². The van der Waals surface area contributed by atoms with Crippen molar-refractivity contribution in [2.24, 2.45) is 5.92 Å². The van der Waals surface area contributed by atoms with Crippen molar-refractivity contribution in [3.05, 3.63) is 27.7 Å². The minimum atomic E-state index is -0.285. The standard InChI is InChI=1S/C11H10Cl2O3/c1-15-11(14)7-2-6-3-8(12)4-9(13)10(6)16-5-7/h3-4,7H,2,5H2,1H3/t7-/m0/s1. The van der Waals surface area contributed by atoms with Crippen LogP contribution >= 0.6 is 23.2 Å². The summed E-state index contributed by atoms with van der Waals surface area (Å²) in [4.78, 5) is 11.4. The number of methoxy groups -OCH3 is 1. The van der Waals surface area contributed by atoms with Crippen molar-refractivity contribution in [2.75, 3.05) is 13.7 Å². The molecule has 1 atom stereocenters. The van der Waals surface area contributed by atoms with Crippen LogP contribution in [0.4, 0.5) is 0 Å². The molecule has 0 fully saturated rings. The molecule has 0 aliphatic carbocycles. The quantitative estimate of drug-likeness (QED) is 0.729. The zero-order chi connectivity index (χ0) is 11.7. The molecule has 1 aromatic rings. The Labute approximate surface area is 103 Å². The Hall–Kier alpha value is -0.930. The SMILES string of the molecule is COC(=O)[C@@H]1COc2c(Cl)cc(Cl)cc2C1. The summed E-state index contributed by atoms with van der Waals surface area (Å²) in [5.41, 5.74) is 0.846. The number of carbonyl (C=O) groups is 1. The number of fused-ring (bicyclic) bond motifs is 1. The van der Waals surface area contributed by atoms with Gasteiger partial charge in [0.25, 0.3) is 0 Å². The molecule has 86 valence electrons. The lowest BCUT2D eigenvalue weighted by molar-refractivity contribution is -0.146. The van der Waals surface area contributed by atoms with E-state index >= 15 is 0 Å². The van der Waals surface area contributed by atoms with E-state index in [1.54, 1.807) is 12.1 Å². The summed E-state index contributed by atoms with van der Waals surface area (Å²) in [5.74, 6) is 0.0556. The van der Waals surface area contributed by atoms with Crippen LogP contribution < -0.4 is 4.74 Å². The summed E-state index contributed by atoms with van der Waals surface area (Å²) in [7, 11) is 1.36. The van der Waals surface area contributed by atoms with Crippen LogP contribution in [0.3, 0.4) is 0 Å². The molecule has 0 saturated carbocycles. The van der Waals surface area contributed by atoms with Crippen molar-refractivity contribution < 1.29 is 14.3 Å². The van der Waals surface area contributed by atoms with Crippen molar-refractivity contribution in [1.82, 2.24) is 0 Å². The van der Waals surface area contributed by atoms with E-state index in [2.05, 4.69) is 4.74 Å². The lowest BCUT2D eigenvalue weighted by Crippen LogP contribution is -2.29. The molecule has 16 heavy (non-hydrogen) atoms. The Morgan fingerprint density at radius 1 is 1.50 bits per heavy atom. The molecule has 1 aromatic carbocycles. The number of carbonyl (C=O) groups excluding carboxylic acids is 1. The predicted molar refractivity (Wildman–Crippen MR) is 61.2 cm³/mol. The number of halogens is 2. The van der Waals surface area contributed by atoms with Crippen molar-refractivity contribution >= 4 is 29.2 Å². The molecule has 2 rings (SSSR count). The number of esters is 1. The number of benzene rings is 1. The Kier molecular flexibility index (Phi) is 3.26.